The van der Waals surface area contributed by atoms with Crippen LogP contribution in [0.2, 0.25) is 0 Å². The Morgan fingerprint density at radius 1 is 1.06 bits per heavy atom. The van der Waals surface area contributed by atoms with E-state index in [1.165, 1.54) is 18.2 Å². The van der Waals surface area contributed by atoms with Gasteiger partial charge in [-0.05, 0) is 79.5 Å². The van der Waals surface area contributed by atoms with E-state index >= 15 is 0 Å². The van der Waals surface area contributed by atoms with Gasteiger partial charge in [0, 0.05) is 23.2 Å². The molecule has 0 atom stereocenters. The molecule has 1 aliphatic carbocycles. The summed E-state index contributed by atoms with van der Waals surface area (Å²) >= 11 is 0. The number of aromatic nitrogens is 1. The molecule has 0 spiro atoms. The van der Waals surface area contributed by atoms with Crippen LogP contribution in [-0.2, 0) is 16.0 Å². The third-order valence-electron chi connectivity index (χ3n) is 6.04. The highest BCUT2D eigenvalue weighted by Crippen LogP contribution is 2.36. The van der Waals surface area contributed by atoms with E-state index in [4.69, 9.17) is 5.73 Å². The monoisotopic (exact) mass is 443 g/mol. The molecule has 1 fully saturated rings. The minimum absolute atomic E-state index is 0.0536. The van der Waals surface area contributed by atoms with E-state index in [9.17, 15) is 22.8 Å². The van der Waals surface area contributed by atoms with Crippen LogP contribution < -0.4 is 11.1 Å². The van der Waals surface area contributed by atoms with Gasteiger partial charge in [-0.2, -0.15) is 0 Å². The predicted molar refractivity (Wildman–Crippen MR) is 115 cm³/mol. The minimum Gasteiger partial charge on any atom is -0.369 e. The maximum atomic E-state index is 14.4. The van der Waals surface area contributed by atoms with Crippen molar-refractivity contribution in [2.75, 3.05) is 0 Å². The molecule has 0 radical (unpaired) electrons. The van der Waals surface area contributed by atoms with Crippen molar-refractivity contribution in [3.05, 3.63) is 59.4 Å². The molecule has 0 bridgehead atoms. The number of benzene rings is 2. The van der Waals surface area contributed by atoms with Crippen molar-refractivity contribution >= 4 is 22.7 Å². The number of fused-ring (bicyclic) bond motifs is 1. The normalized spacial score (nSPS) is 17.8. The van der Waals surface area contributed by atoms with Crippen LogP contribution in [0, 0.1) is 23.4 Å². The number of primary amides is 1. The summed E-state index contributed by atoms with van der Waals surface area (Å²) in [4.78, 5) is 25.5. The summed E-state index contributed by atoms with van der Waals surface area (Å²) in [7, 11) is 0. The number of halogens is 3. The Hall–Kier alpha value is -3.29. The summed E-state index contributed by atoms with van der Waals surface area (Å²) < 4.78 is 41.6. The number of aryl methyl sites for hydroxylation is 1. The first-order chi connectivity index (χ1) is 15.3. The summed E-state index contributed by atoms with van der Waals surface area (Å²) in [6, 6.07) is 8.12. The molecule has 2 aromatic carbocycles. The van der Waals surface area contributed by atoms with E-state index in [2.05, 4.69) is 10.3 Å². The van der Waals surface area contributed by atoms with Crippen molar-refractivity contribution < 1.29 is 22.8 Å². The van der Waals surface area contributed by atoms with Crippen LogP contribution in [0.1, 0.15) is 37.7 Å². The van der Waals surface area contributed by atoms with Crippen LogP contribution in [0.4, 0.5) is 13.2 Å². The van der Waals surface area contributed by atoms with Crippen LogP contribution in [0.25, 0.3) is 22.2 Å². The fourth-order valence-electron chi connectivity index (χ4n) is 4.49. The molecule has 8 heteroatoms. The van der Waals surface area contributed by atoms with Gasteiger partial charge in [0.25, 0.3) is 0 Å². The Morgan fingerprint density at radius 3 is 2.47 bits per heavy atom. The summed E-state index contributed by atoms with van der Waals surface area (Å²) in [5.74, 6) is -2.25. The largest absolute Gasteiger partial charge is 0.369 e. The molecule has 1 heterocycles. The third-order valence-corrected chi connectivity index (χ3v) is 6.04. The second kappa shape index (κ2) is 9.06. The Bertz CT molecular complexity index is 1150. The van der Waals surface area contributed by atoms with E-state index in [0.29, 0.717) is 29.0 Å². The lowest BCUT2D eigenvalue weighted by Crippen LogP contribution is -2.45. The van der Waals surface area contributed by atoms with Crippen molar-refractivity contribution in [2.45, 2.75) is 44.6 Å². The van der Waals surface area contributed by atoms with Gasteiger partial charge in [-0.25, -0.2) is 13.2 Å². The number of rotatable bonds is 8. The number of carbonyl (C=O) groups excluding carboxylic acids is 2. The molecule has 0 saturated heterocycles. The molecule has 1 saturated carbocycles. The van der Waals surface area contributed by atoms with E-state index in [-0.39, 0.29) is 29.7 Å². The number of hydrogen-bond acceptors (Lipinski definition) is 2. The van der Waals surface area contributed by atoms with Crippen molar-refractivity contribution in [1.82, 2.24) is 10.3 Å². The number of aromatic amines is 1. The maximum absolute atomic E-state index is 14.4. The van der Waals surface area contributed by atoms with Gasteiger partial charge in [-0.15, -0.1) is 0 Å². The Kier molecular flexibility index (Phi) is 6.21. The Balaban J connectivity index is 1.44. The molecule has 168 valence electrons. The molecule has 3 aromatic rings. The van der Waals surface area contributed by atoms with Crippen LogP contribution >= 0.6 is 0 Å². The average Bonchev–Trinajstić information content (AvgIpc) is 3.04. The molecular formula is C24H24F3N3O2. The highest BCUT2D eigenvalue weighted by atomic mass is 19.1. The first-order valence-corrected chi connectivity index (χ1v) is 10.6. The summed E-state index contributed by atoms with van der Waals surface area (Å²) in [5.41, 5.74) is 7.43. The third kappa shape index (κ3) is 4.79. The van der Waals surface area contributed by atoms with E-state index in [0.717, 1.165) is 37.3 Å². The Morgan fingerprint density at radius 2 is 1.78 bits per heavy atom. The molecule has 1 aromatic heterocycles. The zero-order valence-electron chi connectivity index (χ0n) is 17.4. The van der Waals surface area contributed by atoms with Gasteiger partial charge in [-0.1, -0.05) is 0 Å². The first kappa shape index (κ1) is 21.9. The number of amides is 2. The quantitative estimate of drug-likeness (QED) is 0.452. The van der Waals surface area contributed by atoms with Crippen LogP contribution in [0.5, 0.6) is 0 Å². The molecule has 0 aliphatic heterocycles. The molecule has 5 nitrogen and oxygen atoms in total. The average molecular weight is 443 g/mol. The molecule has 4 N–H and O–H groups in total. The fourth-order valence-corrected chi connectivity index (χ4v) is 4.49. The first-order valence-electron chi connectivity index (χ1n) is 10.6. The lowest BCUT2D eigenvalue weighted by atomic mass is 9.77. The Labute approximate surface area is 183 Å². The second-order valence-electron chi connectivity index (χ2n) is 8.43. The number of hydrogen-bond donors (Lipinski definition) is 3. The summed E-state index contributed by atoms with van der Waals surface area (Å²) in [5, 5.41) is 3.29. The summed E-state index contributed by atoms with van der Waals surface area (Å²) in [6.07, 6.45) is 3.64. The predicted octanol–water partition coefficient (Wildman–Crippen LogP) is 4.35. The van der Waals surface area contributed by atoms with Crippen LogP contribution in [-0.4, -0.2) is 22.8 Å². The molecule has 0 unspecified atom stereocenters. The van der Waals surface area contributed by atoms with Gasteiger partial charge < -0.3 is 16.0 Å². The van der Waals surface area contributed by atoms with Gasteiger partial charge in [0.05, 0.1) is 5.52 Å². The minimum atomic E-state index is -0.664. The maximum Gasteiger partial charge on any atom is 0.229 e. The van der Waals surface area contributed by atoms with Crippen molar-refractivity contribution in [3.63, 3.8) is 0 Å². The van der Waals surface area contributed by atoms with Gasteiger partial charge >= 0.3 is 0 Å². The van der Waals surface area contributed by atoms with Crippen molar-refractivity contribution in [1.29, 1.82) is 0 Å². The molecule has 4 rings (SSSR count). The molecule has 1 aliphatic rings. The van der Waals surface area contributed by atoms with Gasteiger partial charge in [0.15, 0.2) is 0 Å². The van der Waals surface area contributed by atoms with E-state index in [1.54, 1.807) is 12.1 Å². The lowest BCUT2D eigenvalue weighted by Gasteiger charge is -2.36. The SMILES string of the molecule is NC(=O)CC(=O)NC1CC(CCCc2c(-c3ccc(F)cc3)[nH]c3c(F)cc(F)cc23)C1. The van der Waals surface area contributed by atoms with E-state index in [1.807, 2.05) is 0 Å². The standard InChI is InChI=1S/C24H24F3N3O2/c25-15-6-4-14(5-7-15)23-18(19-10-16(26)11-20(27)24(19)30-23)3-1-2-13-8-17(9-13)29-22(32)12-21(28)31/h4-7,10-11,13,17,30H,1-3,8-9,12H2,(H2,28,31)(H,29,32). The zero-order valence-corrected chi connectivity index (χ0v) is 17.4. The lowest BCUT2D eigenvalue weighted by molar-refractivity contribution is -0.128. The molecule has 32 heavy (non-hydrogen) atoms. The van der Waals surface area contributed by atoms with Crippen LogP contribution in [0.3, 0.4) is 0 Å². The number of carbonyl (C=O) groups is 2. The van der Waals surface area contributed by atoms with E-state index < -0.39 is 17.5 Å². The van der Waals surface area contributed by atoms with Crippen molar-refractivity contribution in [3.8, 4) is 11.3 Å². The number of H-pyrrole nitrogens is 1. The summed E-state index contributed by atoms with van der Waals surface area (Å²) in [6.45, 7) is 0. The highest BCUT2D eigenvalue weighted by molar-refractivity contribution is 5.96. The zero-order chi connectivity index (χ0) is 22.8. The smallest absolute Gasteiger partial charge is 0.229 e. The number of nitrogens with two attached hydrogens (primary N) is 1. The fraction of sp³-hybridized carbons (Fsp3) is 0.333. The second-order valence-corrected chi connectivity index (χ2v) is 8.43. The van der Waals surface area contributed by atoms with Crippen molar-refractivity contribution in [2.24, 2.45) is 11.7 Å². The van der Waals surface area contributed by atoms with Crippen LogP contribution in [0.15, 0.2) is 36.4 Å². The highest BCUT2D eigenvalue weighted by Gasteiger charge is 2.30. The topological polar surface area (TPSA) is 88.0 Å². The number of nitrogens with one attached hydrogen (secondary N) is 2. The van der Waals surface area contributed by atoms with Gasteiger partial charge in [-0.3, -0.25) is 9.59 Å². The van der Waals surface area contributed by atoms with Gasteiger partial charge in [0.2, 0.25) is 11.8 Å². The van der Waals surface area contributed by atoms with Gasteiger partial charge in [0.1, 0.15) is 23.9 Å². The molecular weight excluding hydrogens is 419 g/mol. The molecule has 2 amide bonds.